The zero-order valence-corrected chi connectivity index (χ0v) is 13.9. The van der Waals surface area contributed by atoms with Crippen LogP contribution < -0.4 is 9.47 Å². The second kappa shape index (κ2) is 9.87. The molecule has 0 aromatic heterocycles. The summed E-state index contributed by atoms with van der Waals surface area (Å²) < 4.78 is 11.2. The molecule has 1 N–H and O–H groups in total. The molecule has 1 unspecified atom stereocenters. The van der Waals surface area contributed by atoms with Gasteiger partial charge in [0.1, 0.15) is 0 Å². The van der Waals surface area contributed by atoms with Crippen LogP contribution in [-0.2, 0) is 0 Å². The van der Waals surface area contributed by atoms with E-state index in [9.17, 15) is 0 Å². The van der Waals surface area contributed by atoms with Gasteiger partial charge < -0.3 is 14.6 Å². The Morgan fingerprint density at radius 1 is 1.14 bits per heavy atom. The molecule has 1 aromatic rings. The van der Waals surface area contributed by atoms with Crippen LogP contribution in [0.5, 0.6) is 11.5 Å². The average molecular weight is 316 g/mol. The number of alkyl halides is 1. The van der Waals surface area contributed by atoms with E-state index in [2.05, 4.69) is 11.8 Å². The van der Waals surface area contributed by atoms with Gasteiger partial charge in [-0.3, -0.25) is 4.90 Å². The lowest BCUT2D eigenvalue weighted by atomic mass is 10.1. The standard InChI is InChI=1S/C16H26ClNO3/c1-4-18(9-10-19)12-14(17)13-7-8-15(20-5-2)16(11-13)21-6-3/h7-8,11,14,19H,4-6,9-10,12H2,1-3H3. The van der Waals surface area contributed by atoms with Crippen LogP contribution in [0.15, 0.2) is 18.2 Å². The quantitative estimate of drug-likeness (QED) is 0.674. The molecule has 0 aliphatic rings. The summed E-state index contributed by atoms with van der Waals surface area (Å²) in [5, 5.41) is 8.89. The predicted molar refractivity (Wildman–Crippen MR) is 86.6 cm³/mol. The third kappa shape index (κ3) is 5.73. The lowest BCUT2D eigenvalue weighted by molar-refractivity contribution is 0.202. The number of aliphatic hydroxyl groups is 1. The van der Waals surface area contributed by atoms with Crippen LogP contribution in [0.2, 0.25) is 0 Å². The molecule has 1 rings (SSSR count). The minimum atomic E-state index is -0.147. The zero-order valence-electron chi connectivity index (χ0n) is 13.1. The predicted octanol–water partition coefficient (Wildman–Crippen LogP) is 3.08. The van der Waals surface area contributed by atoms with Crippen molar-refractivity contribution in [2.75, 3.05) is 39.5 Å². The summed E-state index contributed by atoms with van der Waals surface area (Å²) in [7, 11) is 0. The van der Waals surface area contributed by atoms with E-state index in [4.69, 9.17) is 26.2 Å². The zero-order chi connectivity index (χ0) is 15.7. The van der Waals surface area contributed by atoms with Crippen LogP contribution in [0.3, 0.4) is 0 Å². The molecule has 0 heterocycles. The third-order valence-corrected chi connectivity index (χ3v) is 3.60. The fraction of sp³-hybridized carbons (Fsp3) is 0.625. The van der Waals surface area contributed by atoms with Gasteiger partial charge in [0.2, 0.25) is 0 Å². The van der Waals surface area contributed by atoms with E-state index in [1.165, 1.54) is 0 Å². The average Bonchev–Trinajstić information content (AvgIpc) is 2.48. The van der Waals surface area contributed by atoms with Gasteiger partial charge in [-0.2, -0.15) is 0 Å². The number of aliphatic hydroxyl groups excluding tert-OH is 1. The van der Waals surface area contributed by atoms with Crippen LogP contribution in [0.25, 0.3) is 0 Å². The van der Waals surface area contributed by atoms with Crippen LogP contribution in [-0.4, -0.2) is 49.5 Å². The van der Waals surface area contributed by atoms with Crippen molar-refractivity contribution in [3.63, 3.8) is 0 Å². The van der Waals surface area contributed by atoms with Gasteiger partial charge >= 0.3 is 0 Å². The SMILES string of the molecule is CCOc1ccc(C(Cl)CN(CC)CCO)cc1OCC. The number of nitrogens with zero attached hydrogens (tertiary/aromatic N) is 1. The molecule has 0 spiro atoms. The van der Waals surface area contributed by atoms with Crippen LogP contribution in [0.1, 0.15) is 31.7 Å². The largest absolute Gasteiger partial charge is 0.490 e. The first-order chi connectivity index (χ1) is 10.2. The lowest BCUT2D eigenvalue weighted by Gasteiger charge is -2.23. The second-order valence-electron chi connectivity index (χ2n) is 4.66. The maximum Gasteiger partial charge on any atom is 0.161 e. The Labute approximate surface area is 132 Å². The fourth-order valence-electron chi connectivity index (χ4n) is 2.11. The molecule has 0 amide bonds. The van der Waals surface area contributed by atoms with E-state index in [-0.39, 0.29) is 12.0 Å². The second-order valence-corrected chi connectivity index (χ2v) is 5.18. The van der Waals surface area contributed by atoms with Gasteiger partial charge in [-0.25, -0.2) is 0 Å². The number of benzene rings is 1. The molecule has 0 fully saturated rings. The highest BCUT2D eigenvalue weighted by atomic mass is 35.5. The Morgan fingerprint density at radius 2 is 1.81 bits per heavy atom. The molecule has 0 aliphatic carbocycles. The highest BCUT2D eigenvalue weighted by Gasteiger charge is 2.15. The molecule has 0 saturated heterocycles. The lowest BCUT2D eigenvalue weighted by Crippen LogP contribution is -2.29. The van der Waals surface area contributed by atoms with Gasteiger partial charge in [0.05, 0.1) is 25.2 Å². The molecule has 0 saturated carbocycles. The molecule has 1 aromatic carbocycles. The molecule has 21 heavy (non-hydrogen) atoms. The summed E-state index contributed by atoms with van der Waals surface area (Å²) in [5.41, 5.74) is 1.000. The Bertz CT molecular complexity index is 415. The van der Waals surface area contributed by atoms with Crippen molar-refractivity contribution in [1.29, 1.82) is 0 Å². The van der Waals surface area contributed by atoms with Gasteiger partial charge in [-0.15, -0.1) is 11.6 Å². The Morgan fingerprint density at radius 3 is 2.38 bits per heavy atom. The number of rotatable bonds is 10. The first-order valence-electron chi connectivity index (χ1n) is 7.53. The van der Waals surface area contributed by atoms with Gasteiger partial charge in [-0.05, 0) is 38.1 Å². The minimum Gasteiger partial charge on any atom is -0.490 e. The van der Waals surface area contributed by atoms with E-state index in [1.807, 2.05) is 32.0 Å². The summed E-state index contributed by atoms with van der Waals surface area (Å²) in [6.07, 6.45) is 0. The molecule has 1 atom stereocenters. The van der Waals surface area contributed by atoms with Crippen LogP contribution in [0.4, 0.5) is 0 Å². The van der Waals surface area contributed by atoms with Gasteiger partial charge in [0.25, 0.3) is 0 Å². The smallest absolute Gasteiger partial charge is 0.161 e. The van der Waals surface area contributed by atoms with Gasteiger partial charge in [0.15, 0.2) is 11.5 Å². The van der Waals surface area contributed by atoms with Crippen molar-refractivity contribution in [3.05, 3.63) is 23.8 Å². The van der Waals surface area contributed by atoms with Gasteiger partial charge in [0, 0.05) is 13.1 Å². The van der Waals surface area contributed by atoms with E-state index < -0.39 is 0 Å². The van der Waals surface area contributed by atoms with Crippen molar-refractivity contribution in [3.8, 4) is 11.5 Å². The summed E-state index contributed by atoms with van der Waals surface area (Å²) in [6, 6.07) is 5.82. The Kier molecular flexibility index (Phi) is 8.50. The Balaban J connectivity index is 2.83. The van der Waals surface area contributed by atoms with Crippen molar-refractivity contribution >= 4 is 11.6 Å². The number of halogens is 1. The normalized spacial score (nSPS) is 12.5. The van der Waals surface area contributed by atoms with Crippen molar-refractivity contribution in [2.24, 2.45) is 0 Å². The topological polar surface area (TPSA) is 41.9 Å². The summed E-state index contributed by atoms with van der Waals surface area (Å²) in [5.74, 6) is 1.47. The highest BCUT2D eigenvalue weighted by Crippen LogP contribution is 2.33. The van der Waals surface area contributed by atoms with Crippen LogP contribution >= 0.6 is 11.6 Å². The maximum atomic E-state index is 9.04. The number of hydrogen-bond acceptors (Lipinski definition) is 4. The van der Waals surface area contributed by atoms with Crippen molar-refractivity contribution in [2.45, 2.75) is 26.1 Å². The van der Waals surface area contributed by atoms with E-state index in [0.717, 1.165) is 23.6 Å². The Hall–Kier alpha value is -0.970. The summed E-state index contributed by atoms with van der Waals surface area (Å²) in [4.78, 5) is 2.12. The van der Waals surface area contributed by atoms with Gasteiger partial charge in [-0.1, -0.05) is 13.0 Å². The molecule has 4 nitrogen and oxygen atoms in total. The molecular formula is C16H26ClNO3. The first kappa shape index (κ1) is 18.1. The summed E-state index contributed by atoms with van der Waals surface area (Å²) in [6.45, 7) is 9.47. The molecule has 0 radical (unpaired) electrons. The van der Waals surface area contributed by atoms with E-state index in [1.54, 1.807) is 0 Å². The monoisotopic (exact) mass is 315 g/mol. The molecular weight excluding hydrogens is 290 g/mol. The number of likely N-dealkylation sites (N-methyl/N-ethyl adjacent to an activating group) is 1. The van der Waals surface area contributed by atoms with E-state index >= 15 is 0 Å². The highest BCUT2D eigenvalue weighted by molar-refractivity contribution is 6.21. The molecule has 0 aliphatic heterocycles. The molecule has 120 valence electrons. The van der Waals surface area contributed by atoms with E-state index in [0.29, 0.717) is 26.3 Å². The molecule has 5 heteroatoms. The summed E-state index contributed by atoms with van der Waals surface area (Å²) >= 11 is 6.50. The number of hydrogen-bond donors (Lipinski definition) is 1. The fourth-order valence-corrected chi connectivity index (χ4v) is 2.45. The first-order valence-corrected chi connectivity index (χ1v) is 7.96. The van der Waals surface area contributed by atoms with Crippen molar-refractivity contribution < 1.29 is 14.6 Å². The molecule has 0 bridgehead atoms. The van der Waals surface area contributed by atoms with Crippen molar-refractivity contribution in [1.82, 2.24) is 4.90 Å². The maximum absolute atomic E-state index is 9.04. The third-order valence-electron chi connectivity index (χ3n) is 3.21. The minimum absolute atomic E-state index is 0.144. The van der Waals surface area contributed by atoms with Crippen LogP contribution in [0, 0.1) is 0 Å². The number of ether oxygens (including phenoxy) is 2.